The van der Waals surface area contributed by atoms with E-state index in [0.29, 0.717) is 5.28 Å². The van der Waals surface area contributed by atoms with E-state index < -0.39 is 0 Å². The van der Waals surface area contributed by atoms with Crippen molar-refractivity contribution in [1.82, 2.24) is 9.50 Å². The van der Waals surface area contributed by atoms with E-state index in [1.54, 1.807) is 4.52 Å². The summed E-state index contributed by atoms with van der Waals surface area (Å²) in [5.74, 6) is 0. The molecule has 0 aliphatic rings. The molecule has 3 nitrogen and oxygen atoms in total. The zero-order valence-corrected chi connectivity index (χ0v) is 9.90. The lowest BCUT2D eigenvalue weighted by molar-refractivity contribution is -0.615. The highest BCUT2D eigenvalue weighted by molar-refractivity contribution is 9.10. The van der Waals surface area contributed by atoms with Crippen molar-refractivity contribution in [3.8, 4) is 0 Å². The van der Waals surface area contributed by atoms with Crippen molar-refractivity contribution >= 4 is 38.6 Å². The number of benzene rings is 1. The molecule has 0 amide bonds. The maximum atomic E-state index is 6.04. The average molecular weight is 284 g/mol. The van der Waals surface area contributed by atoms with Gasteiger partial charge in [0.1, 0.15) is 11.7 Å². The van der Waals surface area contributed by atoms with Gasteiger partial charge in [0.25, 0.3) is 0 Å². The molecule has 74 valence electrons. The van der Waals surface area contributed by atoms with Gasteiger partial charge in [-0.3, -0.25) is 0 Å². The summed E-state index contributed by atoms with van der Waals surface area (Å²) in [6.45, 7) is 0. The summed E-state index contributed by atoms with van der Waals surface area (Å²) >= 11 is 9.48. The van der Waals surface area contributed by atoms with Gasteiger partial charge in [0, 0.05) is 22.1 Å². The smallest absolute Gasteiger partial charge is 0.181 e. The summed E-state index contributed by atoms with van der Waals surface area (Å²) < 4.78 is 4.76. The van der Waals surface area contributed by atoms with E-state index in [2.05, 4.69) is 20.9 Å². The Morgan fingerprint density at radius 2 is 2.27 bits per heavy atom. The fourth-order valence-electron chi connectivity index (χ4n) is 1.62. The van der Waals surface area contributed by atoms with Crippen molar-refractivity contribution in [3.05, 3.63) is 46.4 Å². The summed E-state index contributed by atoms with van der Waals surface area (Å²) in [5.41, 5.74) is 1.89. The van der Waals surface area contributed by atoms with E-state index in [9.17, 15) is 0 Å². The number of aromatic nitrogens is 3. The molecule has 3 rings (SSSR count). The van der Waals surface area contributed by atoms with E-state index in [-0.39, 0.29) is 0 Å². The van der Waals surface area contributed by atoms with E-state index in [1.807, 2.05) is 41.2 Å². The Balaban J connectivity index is 2.61. The number of nitrogens with zero attached hydrogens (tertiary/aromatic N) is 3. The Morgan fingerprint density at radius 1 is 1.40 bits per heavy atom. The Morgan fingerprint density at radius 3 is 3.13 bits per heavy atom. The van der Waals surface area contributed by atoms with Crippen molar-refractivity contribution in [3.63, 3.8) is 0 Å². The van der Waals surface area contributed by atoms with Crippen LogP contribution in [0.5, 0.6) is 0 Å². The van der Waals surface area contributed by atoms with Crippen molar-refractivity contribution in [2.45, 2.75) is 0 Å². The SMILES string of the molecule is Clc1nc2ccc(Br)cc2n2ccc[n+]12. The first-order chi connectivity index (χ1) is 7.25. The number of hydrogen-bond acceptors (Lipinski definition) is 1. The van der Waals surface area contributed by atoms with Crippen LogP contribution >= 0.6 is 27.5 Å². The van der Waals surface area contributed by atoms with E-state index >= 15 is 0 Å². The highest BCUT2D eigenvalue weighted by Crippen LogP contribution is 2.17. The summed E-state index contributed by atoms with van der Waals surface area (Å²) in [5, 5.41) is 0.454. The lowest BCUT2D eigenvalue weighted by Crippen LogP contribution is -2.29. The first-order valence-electron chi connectivity index (χ1n) is 4.39. The predicted octanol–water partition coefficient (Wildman–Crippen LogP) is 2.49. The largest absolute Gasteiger partial charge is 0.420 e. The fourth-order valence-corrected chi connectivity index (χ4v) is 2.20. The monoisotopic (exact) mass is 282 g/mol. The van der Waals surface area contributed by atoms with Gasteiger partial charge in [0.05, 0.1) is 6.20 Å². The molecule has 0 saturated carbocycles. The van der Waals surface area contributed by atoms with Crippen LogP contribution in [0.4, 0.5) is 0 Å². The van der Waals surface area contributed by atoms with Crippen molar-refractivity contribution in [1.29, 1.82) is 0 Å². The molecule has 5 heteroatoms. The molecule has 0 aliphatic carbocycles. The minimum atomic E-state index is 0.454. The maximum Gasteiger partial charge on any atom is 0.420 e. The third kappa shape index (κ3) is 1.33. The van der Waals surface area contributed by atoms with Crippen LogP contribution in [0.3, 0.4) is 0 Å². The zero-order chi connectivity index (χ0) is 10.4. The van der Waals surface area contributed by atoms with Gasteiger partial charge in [0.15, 0.2) is 0 Å². The predicted molar refractivity (Wildman–Crippen MR) is 61.1 cm³/mol. The summed E-state index contributed by atoms with van der Waals surface area (Å²) in [6, 6.07) is 7.82. The van der Waals surface area contributed by atoms with E-state index in [4.69, 9.17) is 11.6 Å². The second kappa shape index (κ2) is 3.18. The standard InChI is InChI=1S/C10H6BrClN3/c11-7-2-3-8-9(6-7)14-4-1-5-15(14)10(12)13-8/h1-6H/q+1. The summed E-state index contributed by atoms with van der Waals surface area (Å²) in [4.78, 5) is 4.30. The molecule has 2 heterocycles. The molecule has 0 aliphatic heterocycles. The average Bonchev–Trinajstić information content (AvgIpc) is 2.69. The van der Waals surface area contributed by atoms with Crippen molar-refractivity contribution < 1.29 is 4.52 Å². The van der Waals surface area contributed by atoms with Gasteiger partial charge in [-0.25, -0.2) is 0 Å². The minimum absolute atomic E-state index is 0.454. The van der Waals surface area contributed by atoms with Crippen LogP contribution in [0.2, 0.25) is 5.28 Å². The topological polar surface area (TPSA) is 21.4 Å². The first kappa shape index (κ1) is 9.12. The third-order valence-corrected chi connectivity index (χ3v) is 3.02. The fraction of sp³-hybridized carbons (Fsp3) is 0. The zero-order valence-electron chi connectivity index (χ0n) is 7.56. The molecule has 0 fully saturated rings. The molecular formula is C10H6BrClN3+. The molecule has 15 heavy (non-hydrogen) atoms. The normalized spacial score (nSPS) is 11.3. The molecule has 0 N–H and O–H groups in total. The van der Waals surface area contributed by atoms with Crippen LogP contribution in [-0.2, 0) is 0 Å². The quantitative estimate of drug-likeness (QED) is 0.581. The van der Waals surface area contributed by atoms with Crippen LogP contribution in [0.15, 0.2) is 41.1 Å². The maximum absolute atomic E-state index is 6.04. The van der Waals surface area contributed by atoms with Crippen LogP contribution in [0, 0.1) is 0 Å². The lowest BCUT2D eigenvalue weighted by atomic mass is 10.3. The first-order valence-corrected chi connectivity index (χ1v) is 5.56. The molecular weight excluding hydrogens is 277 g/mol. The number of fused-ring (bicyclic) bond motifs is 3. The van der Waals surface area contributed by atoms with Gasteiger partial charge in [-0.15, -0.1) is 4.52 Å². The van der Waals surface area contributed by atoms with Gasteiger partial charge in [-0.1, -0.05) is 15.9 Å². The Kier molecular flexibility index (Phi) is 1.94. The molecule has 0 radical (unpaired) electrons. The summed E-state index contributed by atoms with van der Waals surface area (Å²) in [7, 11) is 0. The van der Waals surface area contributed by atoms with Crippen LogP contribution < -0.4 is 4.52 Å². The van der Waals surface area contributed by atoms with E-state index in [0.717, 1.165) is 15.5 Å². The molecule has 0 saturated heterocycles. The Bertz CT molecular complexity index is 662. The molecule has 0 atom stereocenters. The van der Waals surface area contributed by atoms with Gasteiger partial charge >= 0.3 is 5.28 Å². The Labute approximate surface area is 99.0 Å². The molecule has 0 bridgehead atoms. The highest BCUT2D eigenvalue weighted by Gasteiger charge is 2.13. The van der Waals surface area contributed by atoms with Crippen molar-refractivity contribution in [2.24, 2.45) is 0 Å². The van der Waals surface area contributed by atoms with E-state index in [1.165, 1.54) is 0 Å². The third-order valence-electron chi connectivity index (χ3n) is 2.27. The van der Waals surface area contributed by atoms with Gasteiger partial charge in [-0.05, 0) is 23.2 Å². The van der Waals surface area contributed by atoms with Crippen LogP contribution in [0.1, 0.15) is 0 Å². The van der Waals surface area contributed by atoms with Crippen molar-refractivity contribution in [2.75, 3.05) is 0 Å². The lowest BCUT2D eigenvalue weighted by Gasteiger charge is -1.97. The second-order valence-electron chi connectivity index (χ2n) is 3.19. The van der Waals surface area contributed by atoms with Gasteiger partial charge < -0.3 is 0 Å². The molecule has 3 aromatic rings. The molecule has 2 aromatic heterocycles. The van der Waals surface area contributed by atoms with Gasteiger partial charge in [0.2, 0.25) is 5.52 Å². The highest BCUT2D eigenvalue weighted by atomic mass is 79.9. The Hall–Kier alpha value is -1.13. The number of hydrogen-bond donors (Lipinski definition) is 0. The summed E-state index contributed by atoms with van der Waals surface area (Å²) in [6.07, 6.45) is 3.82. The minimum Gasteiger partial charge on any atom is -0.181 e. The van der Waals surface area contributed by atoms with Gasteiger partial charge in [-0.2, -0.15) is 4.52 Å². The molecule has 1 aromatic carbocycles. The van der Waals surface area contributed by atoms with Crippen LogP contribution in [-0.4, -0.2) is 9.50 Å². The second-order valence-corrected chi connectivity index (χ2v) is 4.45. The molecule has 0 spiro atoms. The molecule has 0 unspecified atom stereocenters. The number of halogens is 2. The number of rotatable bonds is 0. The van der Waals surface area contributed by atoms with Crippen LogP contribution in [0.25, 0.3) is 11.0 Å².